The van der Waals surface area contributed by atoms with Crippen molar-refractivity contribution in [2.45, 2.75) is 74.0 Å². The summed E-state index contributed by atoms with van der Waals surface area (Å²) in [4.78, 5) is 28.5. The molecule has 7 heterocycles. The van der Waals surface area contributed by atoms with Gasteiger partial charge in [-0.1, -0.05) is 62.1 Å². The molecular formula is C53H50N12. The Hall–Kier alpha value is -8.40. The van der Waals surface area contributed by atoms with Gasteiger partial charge in [0.15, 0.2) is 0 Å². The van der Waals surface area contributed by atoms with Gasteiger partial charge >= 0.3 is 0 Å². The number of imidazole rings is 1. The lowest BCUT2D eigenvalue weighted by Gasteiger charge is -2.13. The maximum atomic E-state index is 9.63. The third kappa shape index (κ3) is 8.95. The Morgan fingerprint density at radius 1 is 0.692 bits per heavy atom. The summed E-state index contributed by atoms with van der Waals surface area (Å²) in [7, 11) is 0. The van der Waals surface area contributed by atoms with E-state index in [4.69, 9.17) is 4.98 Å². The molecule has 0 unspecified atom stereocenters. The van der Waals surface area contributed by atoms with E-state index in [1.54, 1.807) is 6.33 Å². The third-order valence-electron chi connectivity index (χ3n) is 11.0. The highest BCUT2D eigenvalue weighted by molar-refractivity contribution is 5.92. The van der Waals surface area contributed by atoms with Crippen LogP contribution in [0, 0.1) is 48.9 Å². The van der Waals surface area contributed by atoms with E-state index in [-0.39, 0.29) is 6.04 Å². The molecule has 0 aliphatic carbocycles. The van der Waals surface area contributed by atoms with Crippen molar-refractivity contribution in [1.29, 1.82) is 5.26 Å². The Labute approximate surface area is 378 Å². The van der Waals surface area contributed by atoms with Crippen molar-refractivity contribution >= 4 is 55.5 Å². The second kappa shape index (κ2) is 18.9. The number of hydrogen-bond acceptors (Lipinski definition) is 7. The number of rotatable bonds is 6. The van der Waals surface area contributed by atoms with Crippen LogP contribution in [0.2, 0.25) is 0 Å². The fourth-order valence-corrected chi connectivity index (χ4v) is 8.00. The summed E-state index contributed by atoms with van der Waals surface area (Å²) >= 11 is 0. The van der Waals surface area contributed by atoms with Crippen molar-refractivity contribution in [2.75, 3.05) is 5.32 Å². The monoisotopic (exact) mass is 854 g/mol. The molecule has 322 valence electrons. The van der Waals surface area contributed by atoms with Crippen LogP contribution in [0.3, 0.4) is 0 Å². The second-order valence-corrected chi connectivity index (χ2v) is 15.9. The first-order valence-corrected chi connectivity index (χ1v) is 21.8. The second-order valence-electron chi connectivity index (χ2n) is 15.9. The number of aryl methyl sites for hydroxylation is 2. The van der Waals surface area contributed by atoms with Crippen LogP contribution in [-0.4, -0.2) is 48.6 Å². The summed E-state index contributed by atoms with van der Waals surface area (Å²) in [6.45, 7) is 17.5. The number of H-pyrrole nitrogens is 2. The van der Waals surface area contributed by atoms with E-state index in [2.05, 4.69) is 150 Å². The zero-order chi connectivity index (χ0) is 45.6. The van der Waals surface area contributed by atoms with Crippen LogP contribution in [0.25, 0.3) is 43.9 Å². The molecule has 3 aromatic carbocycles. The number of para-hydroxylation sites is 2. The van der Waals surface area contributed by atoms with Gasteiger partial charge in [0.1, 0.15) is 40.9 Å². The molecule has 0 bridgehead atoms. The van der Waals surface area contributed by atoms with Crippen molar-refractivity contribution in [3.63, 3.8) is 0 Å². The molecule has 7 aromatic heterocycles. The van der Waals surface area contributed by atoms with Gasteiger partial charge in [-0.05, 0) is 101 Å². The molecule has 0 saturated heterocycles. The fourth-order valence-electron chi connectivity index (χ4n) is 8.00. The summed E-state index contributed by atoms with van der Waals surface area (Å²) in [6.07, 6.45) is 10.9. The van der Waals surface area contributed by atoms with Crippen LogP contribution in [0.1, 0.15) is 98.8 Å². The number of fused-ring (bicyclic) bond motifs is 4. The van der Waals surface area contributed by atoms with Crippen LogP contribution in [0.15, 0.2) is 116 Å². The van der Waals surface area contributed by atoms with Crippen molar-refractivity contribution in [1.82, 2.24) is 48.6 Å². The summed E-state index contributed by atoms with van der Waals surface area (Å²) < 4.78 is 6.55. The molecular weight excluding hydrogens is 805 g/mol. The lowest BCUT2D eigenvalue weighted by molar-refractivity contribution is 0.607. The summed E-state index contributed by atoms with van der Waals surface area (Å²) in [5, 5.41) is 16.9. The Bertz CT molecular complexity index is 3470. The topological polar surface area (TPSA) is 147 Å². The average Bonchev–Trinajstić information content (AvgIpc) is 4.17. The van der Waals surface area contributed by atoms with Gasteiger partial charge in [0.25, 0.3) is 0 Å². The number of nitrogens with one attached hydrogen (secondary N) is 3. The minimum absolute atomic E-state index is 0.194. The van der Waals surface area contributed by atoms with Gasteiger partial charge in [-0.2, -0.15) is 10.2 Å². The van der Waals surface area contributed by atoms with E-state index in [9.17, 15) is 5.26 Å². The van der Waals surface area contributed by atoms with Gasteiger partial charge in [-0.3, -0.25) is 0 Å². The molecule has 65 heavy (non-hydrogen) atoms. The van der Waals surface area contributed by atoms with Gasteiger partial charge in [0, 0.05) is 82.9 Å². The molecule has 0 atom stereocenters. The number of hydrogen-bond donors (Lipinski definition) is 3. The number of anilines is 2. The normalized spacial score (nSPS) is 10.8. The van der Waals surface area contributed by atoms with Gasteiger partial charge in [0.2, 0.25) is 5.95 Å². The summed E-state index contributed by atoms with van der Waals surface area (Å²) in [5.74, 6) is 14.6. The Morgan fingerprint density at radius 3 is 2.08 bits per heavy atom. The van der Waals surface area contributed by atoms with Gasteiger partial charge in [-0.25, -0.2) is 19.9 Å². The zero-order valence-corrected chi connectivity index (χ0v) is 37.9. The van der Waals surface area contributed by atoms with Crippen LogP contribution in [0.4, 0.5) is 11.6 Å². The zero-order valence-electron chi connectivity index (χ0n) is 37.9. The molecule has 0 radical (unpaired) electrons. The van der Waals surface area contributed by atoms with E-state index >= 15 is 0 Å². The third-order valence-corrected chi connectivity index (χ3v) is 11.0. The van der Waals surface area contributed by atoms with Gasteiger partial charge in [-0.15, -0.1) is 0 Å². The van der Waals surface area contributed by atoms with Crippen molar-refractivity contribution < 1.29 is 0 Å². The maximum absolute atomic E-state index is 9.63. The van der Waals surface area contributed by atoms with E-state index in [1.807, 2.05) is 94.2 Å². The quantitative estimate of drug-likeness (QED) is 0.141. The minimum Gasteiger partial charge on any atom is -0.346 e. The molecule has 12 nitrogen and oxygen atoms in total. The SMILES string of the molecule is CC.Cc1cc2cccc(C#Cc3ncnc4[nH]ccc34)c2n1C(C)C.Cc1nccn1Cc1ccc(Nc2nc(C#Cc3cccc4c(C#N)cn(C(C)C)c34)c3cc[nH]c3n2)cc1. The lowest BCUT2D eigenvalue weighted by Crippen LogP contribution is -2.03. The number of aromatic nitrogens is 10. The first kappa shape index (κ1) is 43.3. The van der Waals surface area contributed by atoms with E-state index in [1.165, 1.54) is 22.2 Å². The minimum atomic E-state index is 0.194. The molecule has 10 rings (SSSR count). The number of nitriles is 1. The van der Waals surface area contributed by atoms with Crippen molar-refractivity contribution in [2.24, 2.45) is 0 Å². The van der Waals surface area contributed by atoms with Gasteiger partial charge in [0.05, 0.1) is 27.4 Å². The Kier molecular flexibility index (Phi) is 12.6. The molecule has 0 aliphatic rings. The predicted octanol–water partition coefficient (Wildman–Crippen LogP) is 11.3. The fraction of sp³-hybridized carbons (Fsp3) is 0.208. The Balaban J connectivity index is 0.000000189. The van der Waals surface area contributed by atoms with E-state index in [0.29, 0.717) is 28.9 Å². The number of aromatic amines is 2. The first-order valence-electron chi connectivity index (χ1n) is 21.8. The lowest BCUT2D eigenvalue weighted by atomic mass is 10.1. The summed E-state index contributed by atoms with van der Waals surface area (Å²) in [6, 6.07) is 29.4. The smallest absolute Gasteiger partial charge is 0.230 e. The van der Waals surface area contributed by atoms with E-state index in [0.717, 1.165) is 62.2 Å². The number of benzene rings is 3. The summed E-state index contributed by atoms with van der Waals surface area (Å²) in [5.41, 5.74) is 10.9. The highest BCUT2D eigenvalue weighted by atomic mass is 15.1. The van der Waals surface area contributed by atoms with Crippen LogP contribution in [-0.2, 0) is 6.54 Å². The van der Waals surface area contributed by atoms with Crippen molar-refractivity contribution in [3.8, 4) is 29.8 Å². The van der Waals surface area contributed by atoms with Gasteiger partial charge < -0.3 is 29.0 Å². The molecule has 10 aromatic rings. The molecule has 3 N–H and O–H groups in total. The van der Waals surface area contributed by atoms with E-state index < -0.39 is 0 Å². The largest absolute Gasteiger partial charge is 0.346 e. The first-order chi connectivity index (χ1) is 31.6. The maximum Gasteiger partial charge on any atom is 0.230 e. The standard InChI is InChI=1S/C31H26N8.C20H18N4.C2H6/c1-20(2)39-19-24(17-32)26-6-4-5-23(29(26)39)9-12-28-27-13-14-34-30(27)37-31(36-28)35-25-10-7-22(8-11-25)18-38-16-15-33-21(38)3;1-13(2)24-14(3)11-16-6-4-5-15(19(16)24)7-8-18-17-9-10-21-20(17)23-12-22-18;1-2/h4-8,10-11,13-16,19-20H,18H2,1-3H3,(H2,34,35,36,37);4-6,9-13H,1-3H3,(H,21,22,23);1-2H3. The molecule has 0 fully saturated rings. The average molecular weight is 855 g/mol. The molecule has 0 spiro atoms. The Morgan fingerprint density at radius 2 is 1.38 bits per heavy atom. The molecule has 0 amide bonds. The van der Waals surface area contributed by atoms with Crippen molar-refractivity contribution in [3.05, 3.63) is 161 Å². The molecule has 12 heteroatoms. The highest BCUT2D eigenvalue weighted by Crippen LogP contribution is 2.29. The van der Waals surface area contributed by atoms with Crippen LogP contribution >= 0.6 is 0 Å². The molecule has 0 aliphatic heterocycles. The van der Waals surface area contributed by atoms with Crippen LogP contribution in [0.5, 0.6) is 0 Å². The van der Waals surface area contributed by atoms with Crippen LogP contribution < -0.4 is 5.32 Å². The molecule has 0 saturated carbocycles. The predicted molar refractivity (Wildman–Crippen MR) is 261 cm³/mol. The number of nitrogens with zero attached hydrogens (tertiary/aromatic N) is 9. The highest BCUT2D eigenvalue weighted by Gasteiger charge is 2.15.